The fourth-order valence-electron chi connectivity index (χ4n) is 1.23. The maximum absolute atomic E-state index is 10.5. The molecule has 0 radical (unpaired) electrons. The van der Waals surface area contributed by atoms with E-state index in [1.807, 2.05) is 18.2 Å². The first kappa shape index (κ1) is 8.50. The number of rotatable bonds is 1. The zero-order valence-electron chi connectivity index (χ0n) is 7.31. The van der Waals surface area contributed by atoms with Crippen molar-refractivity contribution in [3.8, 4) is 5.75 Å². The van der Waals surface area contributed by atoms with Gasteiger partial charge in [0.05, 0.1) is 5.52 Å². The zero-order valence-corrected chi connectivity index (χ0v) is 7.31. The van der Waals surface area contributed by atoms with E-state index in [0.717, 1.165) is 10.9 Å². The van der Waals surface area contributed by atoms with Gasteiger partial charge in [0.2, 0.25) is 0 Å². The zero-order chi connectivity index (χ0) is 9.97. The molecule has 0 fully saturated rings. The van der Waals surface area contributed by atoms with Crippen LogP contribution >= 0.6 is 0 Å². The van der Waals surface area contributed by atoms with Gasteiger partial charge in [-0.2, -0.15) is 0 Å². The number of pyridine rings is 1. The van der Waals surface area contributed by atoms with Crippen LogP contribution in [0.3, 0.4) is 0 Å². The second-order valence-electron chi connectivity index (χ2n) is 2.78. The molecule has 0 atom stereocenters. The molecule has 0 saturated heterocycles. The number of aromatic nitrogens is 1. The lowest BCUT2D eigenvalue weighted by molar-refractivity contribution is 0.211. The Morgan fingerprint density at radius 1 is 1.36 bits per heavy atom. The van der Waals surface area contributed by atoms with Gasteiger partial charge < -0.3 is 10.5 Å². The van der Waals surface area contributed by atoms with Crippen molar-refractivity contribution in [2.75, 3.05) is 0 Å². The highest BCUT2D eigenvalue weighted by atomic mass is 16.5. The largest absolute Gasteiger partial charge is 0.410 e. The summed E-state index contributed by atoms with van der Waals surface area (Å²) >= 11 is 0. The predicted octanol–water partition coefficient (Wildman–Crippen LogP) is 1.69. The van der Waals surface area contributed by atoms with Gasteiger partial charge in [0.25, 0.3) is 0 Å². The number of benzene rings is 1. The van der Waals surface area contributed by atoms with Crippen LogP contribution in [0.1, 0.15) is 0 Å². The number of ether oxygens (including phenoxy) is 1. The van der Waals surface area contributed by atoms with E-state index in [9.17, 15) is 4.79 Å². The Labute approximate surface area is 80.3 Å². The van der Waals surface area contributed by atoms with Crippen LogP contribution in [-0.4, -0.2) is 11.1 Å². The van der Waals surface area contributed by atoms with E-state index >= 15 is 0 Å². The second kappa shape index (κ2) is 3.33. The average molecular weight is 188 g/mol. The molecule has 2 N–H and O–H groups in total. The van der Waals surface area contributed by atoms with Gasteiger partial charge >= 0.3 is 6.09 Å². The van der Waals surface area contributed by atoms with Crippen molar-refractivity contribution < 1.29 is 9.53 Å². The molecule has 2 aromatic rings. The summed E-state index contributed by atoms with van der Waals surface area (Å²) in [5.41, 5.74) is 5.66. The molecule has 0 spiro atoms. The van der Waals surface area contributed by atoms with Crippen molar-refractivity contribution >= 4 is 17.0 Å². The van der Waals surface area contributed by atoms with E-state index in [1.165, 1.54) is 0 Å². The molecule has 1 amide bonds. The highest BCUT2D eigenvalue weighted by Crippen LogP contribution is 2.18. The fourth-order valence-corrected chi connectivity index (χ4v) is 1.23. The van der Waals surface area contributed by atoms with Gasteiger partial charge in [-0.05, 0) is 18.2 Å². The topological polar surface area (TPSA) is 65.2 Å². The van der Waals surface area contributed by atoms with Crippen molar-refractivity contribution in [3.05, 3.63) is 36.5 Å². The van der Waals surface area contributed by atoms with Crippen LogP contribution in [0.15, 0.2) is 36.5 Å². The van der Waals surface area contributed by atoms with Gasteiger partial charge in [0.15, 0.2) is 0 Å². The maximum atomic E-state index is 10.5. The van der Waals surface area contributed by atoms with Crippen LogP contribution in [0, 0.1) is 0 Å². The van der Waals surface area contributed by atoms with Crippen LogP contribution in [0.25, 0.3) is 10.9 Å². The lowest BCUT2D eigenvalue weighted by atomic mass is 10.2. The van der Waals surface area contributed by atoms with Gasteiger partial charge in [0.1, 0.15) is 5.75 Å². The molecule has 0 bridgehead atoms. The summed E-state index contributed by atoms with van der Waals surface area (Å²) in [4.78, 5) is 14.6. The van der Waals surface area contributed by atoms with Crippen molar-refractivity contribution in [3.63, 3.8) is 0 Å². The van der Waals surface area contributed by atoms with Gasteiger partial charge in [-0.3, -0.25) is 4.98 Å². The maximum Gasteiger partial charge on any atom is 0.409 e. The van der Waals surface area contributed by atoms with Gasteiger partial charge in [-0.1, -0.05) is 6.07 Å². The summed E-state index contributed by atoms with van der Waals surface area (Å²) in [6.07, 6.45) is 0.858. The number of amides is 1. The van der Waals surface area contributed by atoms with Crippen LogP contribution in [0.5, 0.6) is 5.75 Å². The van der Waals surface area contributed by atoms with Crippen LogP contribution in [0.4, 0.5) is 4.79 Å². The first-order valence-electron chi connectivity index (χ1n) is 4.08. The van der Waals surface area contributed by atoms with E-state index in [4.69, 9.17) is 10.5 Å². The Bertz CT molecular complexity index is 482. The van der Waals surface area contributed by atoms with Crippen molar-refractivity contribution in [2.45, 2.75) is 0 Å². The molecule has 0 aliphatic rings. The highest BCUT2D eigenvalue weighted by molar-refractivity contribution is 5.80. The number of hydrogen-bond acceptors (Lipinski definition) is 3. The van der Waals surface area contributed by atoms with Crippen LogP contribution < -0.4 is 10.5 Å². The number of nitrogens with two attached hydrogens (primary N) is 1. The molecule has 4 nitrogen and oxygen atoms in total. The number of carbonyl (C=O) groups is 1. The van der Waals surface area contributed by atoms with E-state index in [-0.39, 0.29) is 0 Å². The van der Waals surface area contributed by atoms with Crippen molar-refractivity contribution in [1.82, 2.24) is 4.98 Å². The Kier molecular flexibility index (Phi) is 2.02. The molecular weight excluding hydrogens is 180 g/mol. The SMILES string of the molecule is NC(=O)Oc1ccc2cccnc2c1. The number of primary amides is 1. The molecule has 0 saturated carbocycles. The van der Waals surface area contributed by atoms with Crippen molar-refractivity contribution in [1.29, 1.82) is 0 Å². The molecule has 0 aliphatic heterocycles. The smallest absolute Gasteiger partial charge is 0.409 e. The molecule has 2 rings (SSSR count). The normalized spacial score (nSPS) is 10.0. The lowest BCUT2D eigenvalue weighted by Gasteiger charge is -2.01. The van der Waals surface area contributed by atoms with Gasteiger partial charge in [0, 0.05) is 17.6 Å². The fraction of sp³-hybridized carbons (Fsp3) is 0. The first-order valence-corrected chi connectivity index (χ1v) is 4.08. The molecule has 14 heavy (non-hydrogen) atoms. The minimum atomic E-state index is -0.819. The third-order valence-corrected chi connectivity index (χ3v) is 1.80. The number of carbonyl (C=O) groups excluding carboxylic acids is 1. The minimum Gasteiger partial charge on any atom is -0.410 e. The second-order valence-corrected chi connectivity index (χ2v) is 2.78. The molecule has 1 aromatic carbocycles. The molecule has 70 valence electrons. The van der Waals surface area contributed by atoms with Crippen LogP contribution in [0.2, 0.25) is 0 Å². The Hall–Kier alpha value is -2.10. The van der Waals surface area contributed by atoms with E-state index in [2.05, 4.69) is 4.98 Å². The summed E-state index contributed by atoms with van der Waals surface area (Å²) < 4.78 is 4.72. The first-order chi connectivity index (χ1) is 6.75. The summed E-state index contributed by atoms with van der Waals surface area (Å²) in [7, 11) is 0. The Morgan fingerprint density at radius 3 is 3.00 bits per heavy atom. The lowest BCUT2D eigenvalue weighted by Crippen LogP contribution is -2.16. The molecule has 1 heterocycles. The summed E-state index contributed by atoms with van der Waals surface area (Å²) in [6, 6.07) is 8.93. The predicted molar refractivity (Wildman–Crippen MR) is 52.0 cm³/mol. The highest BCUT2D eigenvalue weighted by Gasteiger charge is 2.00. The molecular formula is C10H8N2O2. The standard InChI is InChI=1S/C10H8N2O2/c11-10(13)14-8-4-3-7-2-1-5-12-9(7)6-8/h1-6H,(H2,11,13). The molecule has 0 aliphatic carbocycles. The Balaban J connectivity index is 2.46. The van der Waals surface area contributed by atoms with Gasteiger partial charge in [-0.15, -0.1) is 0 Å². The number of nitrogens with zero attached hydrogens (tertiary/aromatic N) is 1. The van der Waals surface area contributed by atoms with Gasteiger partial charge in [-0.25, -0.2) is 4.79 Å². The van der Waals surface area contributed by atoms with E-state index in [0.29, 0.717) is 5.75 Å². The Morgan fingerprint density at radius 2 is 2.21 bits per heavy atom. The summed E-state index contributed by atoms with van der Waals surface area (Å²) in [6.45, 7) is 0. The molecule has 1 aromatic heterocycles. The number of hydrogen-bond donors (Lipinski definition) is 1. The third-order valence-electron chi connectivity index (χ3n) is 1.80. The minimum absolute atomic E-state index is 0.406. The molecule has 0 unspecified atom stereocenters. The quantitative estimate of drug-likeness (QED) is 0.740. The van der Waals surface area contributed by atoms with Crippen LogP contribution in [-0.2, 0) is 0 Å². The monoisotopic (exact) mass is 188 g/mol. The molecule has 4 heteroatoms. The van der Waals surface area contributed by atoms with E-state index in [1.54, 1.807) is 18.3 Å². The van der Waals surface area contributed by atoms with E-state index < -0.39 is 6.09 Å². The summed E-state index contributed by atoms with van der Waals surface area (Å²) in [5, 5.41) is 0.990. The van der Waals surface area contributed by atoms with Crippen molar-refractivity contribution in [2.24, 2.45) is 5.73 Å². The third kappa shape index (κ3) is 1.64. The average Bonchev–Trinajstić information content (AvgIpc) is 2.17. The summed E-state index contributed by atoms with van der Waals surface area (Å²) in [5.74, 6) is 0.406. The number of fused-ring (bicyclic) bond motifs is 1.